The molecule has 0 aromatic heterocycles. The number of likely N-dealkylation sites (tertiary alicyclic amines) is 1. The Hall–Kier alpha value is -0.860. The molecule has 3 rings (SSSR count). The normalized spacial score (nSPS) is 23.6. The molecule has 0 atom stereocenters. The Balaban J connectivity index is 1.80. The van der Waals surface area contributed by atoms with Crippen molar-refractivity contribution in [3.05, 3.63) is 35.4 Å². The molecule has 0 amide bonds. The fourth-order valence-electron chi connectivity index (χ4n) is 3.95. The number of nitrogens with two attached hydrogens (primary N) is 1. The average molecular weight is 272 g/mol. The molecular formula is C18H28N2. The van der Waals surface area contributed by atoms with Gasteiger partial charge in [0.15, 0.2) is 0 Å². The van der Waals surface area contributed by atoms with Crippen molar-refractivity contribution in [3.8, 4) is 0 Å². The fourth-order valence-corrected chi connectivity index (χ4v) is 3.95. The van der Waals surface area contributed by atoms with E-state index in [4.69, 9.17) is 5.73 Å². The zero-order chi connectivity index (χ0) is 13.8. The second-order valence-corrected chi connectivity index (χ2v) is 6.71. The lowest BCUT2D eigenvalue weighted by Crippen LogP contribution is -2.40. The molecule has 2 nitrogen and oxygen atoms in total. The molecule has 1 heterocycles. The molecule has 1 aromatic carbocycles. The zero-order valence-electron chi connectivity index (χ0n) is 12.6. The third-order valence-electron chi connectivity index (χ3n) is 5.14. The van der Waals surface area contributed by atoms with Crippen molar-refractivity contribution in [3.63, 3.8) is 0 Å². The lowest BCUT2D eigenvalue weighted by atomic mass is 9.75. The van der Waals surface area contributed by atoms with Crippen molar-refractivity contribution < 1.29 is 0 Å². The topological polar surface area (TPSA) is 29.3 Å². The van der Waals surface area contributed by atoms with Crippen LogP contribution >= 0.6 is 0 Å². The predicted molar refractivity (Wildman–Crippen MR) is 84.5 cm³/mol. The molecule has 2 fully saturated rings. The monoisotopic (exact) mass is 272 g/mol. The molecule has 1 aliphatic carbocycles. The predicted octanol–water partition coefficient (Wildman–Crippen LogP) is 3.79. The van der Waals surface area contributed by atoms with Crippen LogP contribution in [-0.2, 0) is 12.1 Å². The van der Waals surface area contributed by atoms with Crippen molar-refractivity contribution in [2.45, 2.75) is 63.5 Å². The van der Waals surface area contributed by atoms with Gasteiger partial charge >= 0.3 is 0 Å². The fraction of sp³-hybridized carbons (Fsp3) is 0.667. The third kappa shape index (κ3) is 3.07. The Bertz CT molecular complexity index is 429. The summed E-state index contributed by atoms with van der Waals surface area (Å²) in [6, 6.07) is 8.92. The quantitative estimate of drug-likeness (QED) is 0.907. The maximum absolute atomic E-state index is 6.77. The van der Waals surface area contributed by atoms with Gasteiger partial charge in [0.05, 0.1) is 0 Å². The number of hydrogen-bond acceptors (Lipinski definition) is 2. The first-order valence-corrected chi connectivity index (χ1v) is 8.38. The second kappa shape index (κ2) is 6.28. The van der Waals surface area contributed by atoms with E-state index in [0.29, 0.717) is 0 Å². The Morgan fingerprint density at radius 2 is 1.55 bits per heavy atom. The highest BCUT2D eigenvalue weighted by molar-refractivity contribution is 5.34. The van der Waals surface area contributed by atoms with Crippen LogP contribution in [0.2, 0.25) is 0 Å². The molecule has 0 spiro atoms. The first-order valence-electron chi connectivity index (χ1n) is 8.38. The van der Waals surface area contributed by atoms with Crippen LogP contribution < -0.4 is 5.73 Å². The van der Waals surface area contributed by atoms with Gasteiger partial charge in [-0.25, -0.2) is 0 Å². The Morgan fingerprint density at radius 3 is 2.30 bits per heavy atom. The summed E-state index contributed by atoms with van der Waals surface area (Å²) in [7, 11) is 0. The van der Waals surface area contributed by atoms with E-state index in [1.807, 2.05) is 0 Å². The van der Waals surface area contributed by atoms with E-state index in [9.17, 15) is 0 Å². The number of benzene rings is 1. The average Bonchev–Trinajstić information content (AvgIpc) is 2.49. The van der Waals surface area contributed by atoms with E-state index in [-0.39, 0.29) is 5.54 Å². The minimum absolute atomic E-state index is 0.0649. The molecule has 0 bridgehead atoms. The van der Waals surface area contributed by atoms with Gasteiger partial charge in [0, 0.05) is 12.1 Å². The van der Waals surface area contributed by atoms with E-state index in [0.717, 1.165) is 19.4 Å². The highest BCUT2D eigenvalue weighted by Crippen LogP contribution is 2.36. The second-order valence-electron chi connectivity index (χ2n) is 6.71. The molecule has 0 radical (unpaired) electrons. The summed E-state index contributed by atoms with van der Waals surface area (Å²) in [5, 5.41) is 0. The van der Waals surface area contributed by atoms with Gasteiger partial charge in [0.2, 0.25) is 0 Å². The van der Waals surface area contributed by atoms with E-state index in [1.54, 1.807) is 0 Å². The van der Waals surface area contributed by atoms with Crippen molar-refractivity contribution in [2.75, 3.05) is 13.1 Å². The minimum atomic E-state index is -0.0649. The molecule has 1 aliphatic heterocycles. The van der Waals surface area contributed by atoms with Crippen LogP contribution in [0.25, 0.3) is 0 Å². The molecule has 0 unspecified atom stereocenters. The number of hydrogen-bond donors (Lipinski definition) is 1. The van der Waals surface area contributed by atoms with Crippen molar-refractivity contribution >= 4 is 0 Å². The SMILES string of the molecule is NC1(c2ccccc2CN2CCCCC2)CCCCC1. The van der Waals surface area contributed by atoms with E-state index >= 15 is 0 Å². The molecular weight excluding hydrogens is 244 g/mol. The molecule has 2 aliphatic rings. The maximum atomic E-state index is 6.77. The smallest absolute Gasteiger partial charge is 0.0412 e. The number of piperidine rings is 1. The summed E-state index contributed by atoms with van der Waals surface area (Å²) in [5.41, 5.74) is 9.60. The van der Waals surface area contributed by atoms with Crippen molar-refractivity contribution in [2.24, 2.45) is 5.73 Å². The summed E-state index contributed by atoms with van der Waals surface area (Å²) in [6.45, 7) is 3.60. The molecule has 110 valence electrons. The van der Waals surface area contributed by atoms with Crippen LogP contribution in [0.3, 0.4) is 0 Å². The first kappa shape index (κ1) is 14.1. The summed E-state index contributed by atoms with van der Waals surface area (Å²) in [6.07, 6.45) is 10.4. The maximum Gasteiger partial charge on any atom is 0.0412 e. The molecule has 2 heteroatoms. The summed E-state index contributed by atoms with van der Waals surface area (Å²) in [5.74, 6) is 0. The highest BCUT2D eigenvalue weighted by Gasteiger charge is 2.31. The molecule has 1 saturated carbocycles. The number of nitrogens with zero attached hydrogens (tertiary/aromatic N) is 1. The van der Waals surface area contributed by atoms with Gasteiger partial charge in [0.1, 0.15) is 0 Å². The molecule has 20 heavy (non-hydrogen) atoms. The van der Waals surface area contributed by atoms with Crippen LogP contribution in [0.15, 0.2) is 24.3 Å². The lowest BCUT2D eigenvalue weighted by Gasteiger charge is -2.36. The Kier molecular flexibility index (Phi) is 4.42. The van der Waals surface area contributed by atoms with Gasteiger partial charge in [-0.1, -0.05) is 49.9 Å². The van der Waals surface area contributed by atoms with Crippen LogP contribution in [0.5, 0.6) is 0 Å². The van der Waals surface area contributed by atoms with E-state index in [1.165, 1.54) is 62.7 Å². The van der Waals surface area contributed by atoms with Gasteiger partial charge < -0.3 is 5.73 Å². The van der Waals surface area contributed by atoms with Crippen LogP contribution in [0.1, 0.15) is 62.5 Å². The third-order valence-corrected chi connectivity index (χ3v) is 5.14. The zero-order valence-corrected chi connectivity index (χ0v) is 12.6. The van der Waals surface area contributed by atoms with Gasteiger partial charge in [-0.3, -0.25) is 4.90 Å². The van der Waals surface area contributed by atoms with E-state index < -0.39 is 0 Å². The van der Waals surface area contributed by atoms with Crippen molar-refractivity contribution in [1.29, 1.82) is 0 Å². The summed E-state index contributed by atoms with van der Waals surface area (Å²) < 4.78 is 0. The summed E-state index contributed by atoms with van der Waals surface area (Å²) in [4.78, 5) is 2.61. The van der Waals surface area contributed by atoms with Gasteiger partial charge in [-0.15, -0.1) is 0 Å². The van der Waals surface area contributed by atoms with Crippen LogP contribution in [0, 0.1) is 0 Å². The molecule has 2 N–H and O–H groups in total. The minimum Gasteiger partial charge on any atom is -0.321 e. The molecule has 1 aromatic rings. The summed E-state index contributed by atoms with van der Waals surface area (Å²) >= 11 is 0. The largest absolute Gasteiger partial charge is 0.321 e. The number of rotatable bonds is 3. The van der Waals surface area contributed by atoms with Crippen LogP contribution in [-0.4, -0.2) is 18.0 Å². The Morgan fingerprint density at radius 1 is 0.900 bits per heavy atom. The van der Waals surface area contributed by atoms with Gasteiger partial charge in [0.25, 0.3) is 0 Å². The first-order chi connectivity index (χ1) is 9.78. The Labute approximate surface area is 123 Å². The highest BCUT2D eigenvalue weighted by atomic mass is 15.1. The van der Waals surface area contributed by atoms with Crippen molar-refractivity contribution in [1.82, 2.24) is 4.90 Å². The standard InChI is InChI=1S/C18H28N2/c19-18(11-5-1-6-12-18)17-10-4-3-9-16(17)15-20-13-7-2-8-14-20/h3-4,9-10H,1-2,5-8,11-15,19H2. The van der Waals surface area contributed by atoms with Crippen LogP contribution in [0.4, 0.5) is 0 Å². The lowest BCUT2D eigenvalue weighted by molar-refractivity contribution is 0.217. The molecule has 1 saturated heterocycles. The van der Waals surface area contributed by atoms with E-state index in [2.05, 4.69) is 29.2 Å². The van der Waals surface area contributed by atoms with Gasteiger partial charge in [-0.2, -0.15) is 0 Å². The van der Waals surface area contributed by atoms with Gasteiger partial charge in [-0.05, 0) is 49.9 Å².